The van der Waals surface area contributed by atoms with Crippen molar-refractivity contribution in [1.29, 1.82) is 0 Å². The molecule has 9 heteroatoms. The van der Waals surface area contributed by atoms with Gasteiger partial charge in [0.2, 0.25) is 5.91 Å². The Hall–Kier alpha value is -2.42. The molecule has 0 aliphatic carbocycles. The van der Waals surface area contributed by atoms with Crippen LogP contribution in [0, 0.1) is 0 Å². The molecule has 0 spiro atoms. The molecule has 0 saturated carbocycles. The number of hydrogen-bond acceptors (Lipinski definition) is 6. The number of nitrogen functional groups attached to an aromatic ring is 1. The number of likely N-dealkylation sites (N-methyl/N-ethyl adjacent to an activating group) is 1. The molecule has 3 amide bonds. The summed E-state index contributed by atoms with van der Waals surface area (Å²) >= 11 is 0. The highest BCUT2D eigenvalue weighted by Gasteiger charge is 2.38. The van der Waals surface area contributed by atoms with Crippen LogP contribution in [-0.4, -0.2) is 55.1 Å². The van der Waals surface area contributed by atoms with Crippen molar-refractivity contribution in [2.45, 2.75) is 26.3 Å². The van der Waals surface area contributed by atoms with Crippen LogP contribution in [0.3, 0.4) is 0 Å². The molecular formula is C16H21N3O5S. The quantitative estimate of drug-likeness (QED) is 0.602. The molecule has 1 atom stereocenters. The monoisotopic (exact) mass is 367 g/mol. The molecule has 0 bridgehead atoms. The maximum absolute atomic E-state index is 12.6. The van der Waals surface area contributed by atoms with E-state index in [1.807, 2.05) is 0 Å². The van der Waals surface area contributed by atoms with Crippen molar-refractivity contribution < 1.29 is 22.8 Å². The van der Waals surface area contributed by atoms with Crippen LogP contribution < -0.4 is 10.6 Å². The van der Waals surface area contributed by atoms with Crippen molar-refractivity contribution in [2.24, 2.45) is 0 Å². The topological polar surface area (TPSA) is 118 Å². The summed E-state index contributed by atoms with van der Waals surface area (Å²) in [5.41, 5.74) is 6.28. The zero-order valence-electron chi connectivity index (χ0n) is 14.1. The van der Waals surface area contributed by atoms with E-state index in [1.165, 1.54) is 36.1 Å². The minimum absolute atomic E-state index is 0.00990. The number of carbonyl (C=O) groups is 3. The van der Waals surface area contributed by atoms with E-state index in [1.54, 1.807) is 6.92 Å². The van der Waals surface area contributed by atoms with E-state index >= 15 is 0 Å². The van der Waals surface area contributed by atoms with Gasteiger partial charge >= 0.3 is 11.8 Å². The van der Waals surface area contributed by atoms with Crippen LogP contribution in [0.15, 0.2) is 24.3 Å². The molecule has 136 valence electrons. The Bertz CT molecular complexity index is 788. The number of rotatable bonds is 3. The number of sulfone groups is 1. The fraction of sp³-hybridized carbons (Fsp3) is 0.438. The largest absolute Gasteiger partial charge is 0.399 e. The number of nitrogens with two attached hydrogens (primary N) is 1. The molecule has 1 unspecified atom stereocenters. The van der Waals surface area contributed by atoms with E-state index in [0.717, 1.165) is 4.90 Å². The Kier molecular flexibility index (Phi) is 5.46. The number of hydrogen-bond donors (Lipinski definition) is 1. The molecule has 1 aliphatic heterocycles. The second-order valence-corrected chi connectivity index (χ2v) is 8.13. The van der Waals surface area contributed by atoms with Gasteiger partial charge in [0.1, 0.15) is 0 Å². The molecule has 1 aromatic rings. The third kappa shape index (κ3) is 4.16. The summed E-state index contributed by atoms with van der Waals surface area (Å²) < 4.78 is 23.3. The van der Waals surface area contributed by atoms with Gasteiger partial charge in [0.15, 0.2) is 9.84 Å². The second-order valence-electron chi connectivity index (χ2n) is 5.90. The third-order valence-corrected chi connectivity index (χ3v) is 5.85. The summed E-state index contributed by atoms with van der Waals surface area (Å²) in [6.45, 7) is 3.02. The van der Waals surface area contributed by atoms with Crippen molar-refractivity contribution in [3.05, 3.63) is 24.3 Å². The van der Waals surface area contributed by atoms with Gasteiger partial charge in [-0.3, -0.25) is 14.4 Å². The van der Waals surface area contributed by atoms with Crippen molar-refractivity contribution in [1.82, 2.24) is 4.90 Å². The molecule has 0 radical (unpaired) electrons. The minimum Gasteiger partial charge on any atom is -0.399 e. The van der Waals surface area contributed by atoms with Gasteiger partial charge in [-0.05, 0) is 37.6 Å². The number of imide groups is 1. The van der Waals surface area contributed by atoms with Crippen molar-refractivity contribution in [3.8, 4) is 0 Å². The van der Waals surface area contributed by atoms with E-state index in [2.05, 4.69) is 0 Å². The molecule has 0 aromatic heterocycles. The van der Waals surface area contributed by atoms with Crippen molar-refractivity contribution in [3.63, 3.8) is 0 Å². The van der Waals surface area contributed by atoms with E-state index in [0.29, 0.717) is 5.69 Å². The van der Waals surface area contributed by atoms with E-state index < -0.39 is 33.6 Å². The van der Waals surface area contributed by atoms with E-state index in [4.69, 9.17) is 5.73 Å². The maximum atomic E-state index is 12.6. The Morgan fingerprint density at radius 2 is 1.76 bits per heavy atom. The Morgan fingerprint density at radius 3 is 2.20 bits per heavy atom. The van der Waals surface area contributed by atoms with Gasteiger partial charge in [-0.2, -0.15) is 0 Å². The number of nitrogens with zero attached hydrogens (tertiary/aromatic N) is 2. The molecule has 8 nitrogen and oxygen atoms in total. The first kappa shape index (κ1) is 18.9. The predicted octanol–water partition coefficient (Wildman–Crippen LogP) is 0.184. The number of anilines is 2. The first-order chi connectivity index (χ1) is 11.7. The minimum atomic E-state index is -3.20. The fourth-order valence-electron chi connectivity index (χ4n) is 2.87. The number of carbonyl (C=O) groups excluding carboxylic acids is 3. The molecular weight excluding hydrogens is 346 g/mol. The lowest BCUT2D eigenvalue weighted by atomic mass is 10.2. The van der Waals surface area contributed by atoms with Crippen molar-refractivity contribution in [2.75, 3.05) is 28.7 Å². The van der Waals surface area contributed by atoms with Gasteiger partial charge in [-0.25, -0.2) is 13.3 Å². The third-order valence-electron chi connectivity index (χ3n) is 4.10. The van der Waals surface area contributed by atoms with Gasteiger partial charge in [0.25, 0.3) is 0 Å². The van der Waals surface area contributed by atoms with Gasteiger partial charge in [-0.1, -0.05) is 0 Å². The van der Waals surface area contributed by atoms with Crippen LogP contribution >= 0.6 is 0 Å². The summed E-state index contributed by atoms with van der Waals surface area (Å²) in [5.74, 6) is -2.69. The number of benzene rings is 1. The summed E-state index contributed by atoms with van der Waals surface area (Å²) in [6, 6.07) is 5.43. The smallest absolute Gasteiger partial charge is 0.323 e. The molecule has 1 aliphatic rings. The van der Waals surface area contributed by atoms with Crippen LogP contribution in [0.2, 0.25) is 0 Å². The zero-order chi connectivity index (χ0) is 18.8. The molecule has 1 aromatic carbocycles. The highest BCUT2D eigenvalue weighted by Crippen LogP contribution is 2.21. The van der Waals surface area contributed by atoms with Crippen LogP contribution in [-0.2, 0) is 24.2 Å². The summed E-state index contributed by atoms with van der Waals surface area (Å²) in [7, 11) is -3.20. The van der Waals surface area contributed by atoms with Crippen LogP contribution in [0.4, 0.5) is 11.4 Å². The molecule has 25 heavy (non-hydrogen) atoms. The molecule has 1 heterocycles. The molecule has 2 N–H and O–H groups in total. The Balaban J connectivity index is 2.27. The Labute approximate surface area is 146 Å². The van der Waals surface area contributed by atoms with Gasteiger partial charge in [0.05, 0.1) is 17.2 Å². The van der Waals surface area contributed by atoms with Gasteiger partial charge < -0.3 is 10.6 Å². The summed E-state index contributed by atoms with van der Waals surface area (Å²) in [6.07, 6.45) is 0.289. The molecule has 2 rings (SSSR count). The number of amides is 3. The van der Waals surface area contributed by atoms with Gasteiger partial charge in [-0.15, -0.1) is 0 Å². The first-order valence-corrected chi connectivity index (χ1v) is 9.70. The SMILES string of the molecule is CCN(C(=O)C(=O)N(C(C)=O)c1ccc(N)cc1)C1CCS(=O)(=O)C1. The standard InChI is InChI=1S/C16H21N3O5S/c1-3-18(14-8-9-25(23,24)10-14)15(21)16(22)19(11(2)20)13-6-4-12(17)5-7-13/h4-7,14H,3,8-10,17H2,1-2H3. The fourth-order valence-corrected chi connectivity index (χ4v) is 4.60. The van der Waals surface area contributed by atoms with Crippen molar-refractivity contribution >= 4 is 38.9 Å². The normalized spacial score (nSPS) is 18.6. The van der Waals surface area contributed by atoms with E-state index in [9.17, 15) is 22.8 Å². The lowest BCUT2D eigenvalue weighted by Gasteiger charge is -2.28. The van der Waals surface area contributed by atoms with Crippen LogP contribution in [0.1, 0.15) is 20.3 Å². The van der Waals surface area contributed by atoms with Gasteiger partial charge in [0, 0.05) is 25.2 Å². The van der Waals surface area contributed by atoms with E-state index in [-0.39, 0.29) is 30.2 Å². The first-order valence-electron chi connectivity index (χ1n) is 7.88. The lowest BCUT2D eigenvalue weighted by molar-refractivity contribution is -0.146. The second kappa shape index (κ2) is 7.22. The highest BCUT2D eigenvalue weighted by molar-refractivity contribution is 7.91. The van der Waals surface area contributed by atoms with Crippen LogP contribution in [0.25, 0.3) is 0 Å². The average molecular weight is 367 g/mol. The van der Waals surface area contributed by atoms with Crippen LogP contribution in [0.5, 0.6) is 0 Å². The molecule has 1 fully saturated rings. The lowest BCUT2D eigenvalue weighted by Crippen LogP contribution is -2.51. The zero-order valence-corrected chi connectivity index (χ0v) is 15.0. The summed E-state index contributed by atoms with van der Waals surface area (Å²) in [5, 5.41) is 0. The average Bonchev–Trinajstić information content (AvgIpc) is 2.89. The highest BCUT2D eigenvalue weighted by atomic mass is 32.2. The predicted molar refractivity (Wildman–Crippen MR) is 93.5 cm³/mol. The molecule has 1 saturated heterocycles. The Morgan fingerprint density at radius 1 is 1.16 bits per heavy atom. The maximum Gasteiger partial charge on any atom is 0.323 e. The summed E-state index contributed by atoms with van der Waals surface area (Å²) in [4.78, 5) is 39.2.